The van der Waals surface area contributed by atoms with Crippen molar-refractivity contribution in [1.82, 2.24) is 19.0 Å². The van der Waals surface area contributed by atoms with E-state index in [0.29, 0.717) is 18.7 Å². The van der Waals surface area contributed by atoms with Gasteiger partial charge in [0.2, 0.25) is 0 Å². The summed E-state index contributed by atoms with van der Waals surface area (Å²) in [5, 5.41) is 1.19. The summed E-state index contributed by atoms with van der Waals surface area (Å²) in [5.74, 6) is 0.849. The van der Waals surface area contributed by atoms with Crippen LogP contribution in [0.4, 0.5) is 0 Å². The highest BCUT2D eigenvalue weighted by Gasteiger charge is 2.27. The van der Waals surface area contributed by atoms with E-state index in [2.05, 4.69) is 46.4 Å². The fourth-order valence-corrected chi connectivity index (χ4v) is 4.83. The molecule has 4 N–H and O–H groups in total. The highest BCUT2D eigenvalue weighted by Crippen LogP contribution is 2.30. The Kier molecular flexibility index (Phi) is 5.99. The number of halogens is 1. The van der Waals surface area contributed by atoms with Crippen LogP contribution in [-0.2, 0) is 13.6 Å². The summed E-state index contributed by atoms with van der Waals surface area (Å²) in [4.78, 5) is 19.8. The summed E-state index contributed by atoms with van der Waals surface area (Å²) in [7, 11) is 2.02. The Hall–Kier alpha value is -2.87. The highest BCUT2D eigenvalue weighted by molar-refractivity contribution is 5.98. The van der Waals surface area contributed by atoms with Crippen LogP contribution in [0.5, 0.6) is 0 Å². The maximum Gasteiger partial charge on any atom is 0.254 e. The van der Waals surface area contributed by atoms with Crippen LogP contribution in [0, 0.1) is 0 Å². The quantitative estimate of drug-likeness (QED) is 0.499. The molecular formula is C24H29ClN6O. The van der Waals surface area contributed by atoms with Crippen molar-refractivity contribution in [3.8, 4) is 11.5 Å². The fourth-order valence-electron chi connectivity index (χ4n) is 4.83. The van der Waals surface area contributed by atoms with Gasteiger partial charge in [0, 0.05) is 55.2 Å². The minimum atomic E-state index is -0.0751. The van der Waals surface area contributed by atoms with Gasteiger partial charge in [-0.1, -0.05) is 18.2 Å². The normalized spacial score (nSPS) is 18.8. The minimum absolute atomic E-state index is 0. The van der Waals surface area contributed by atoms with E-state index >= 15 is 0 Å². The van der Waals surface area contributed by atoms with Crippen LogP contribution in [0.1, 0.15) is 23.7 Å². The molecule has 1 fully saturated rings. The third-order valence-electron chi connectivity index (χ3n) is 6.29. The van der Waals surface area contributed by atoms with Gasteiger partial charge in [-0.25, -0.2) is 4.98 Å². The number of piperidine rings is 1. The standard InChI is InChI=1S/C24H28N6O.ClH/c1-3-30-20-7-5-4-6-15(20)11-22(30)23-27-19-10-16(8-9-21(19)28(23)2)24(31)29-13-17(25)12-18(26)14-29;/h4-11,17-18H,3,12-14,25-26H2,1-2H3;1H/t17-,18+;. The second kappa shape index (κ2) is 8.58. The second-order valence-electron chi connectivity index (χ2n) is 8.50. The Morgan fingerprint density at radius 2 is 1.78 bits per heavy atom. The predicted octanol–water partition coefficient (Wildman–Crippen LogP) is 3.14. The SMILES string of the molecule is CCn1c(-c2nc3cc(C(=O)N4C[C@H](N)C[C@H](N)C4)ccc3n2C)cc2ccccc21.Cl. The van der Waals surface area contributed by atoms with Gasteiger partial charge in [-0.15, -0.1) is 12.4 Å². The van der Waals surface area contributed by atoms with Gasteiger partial charge in [0.25, 0.3) is 5.91 Å². The molecule has 0 aliphatic carbocycles. The average Bonchev–Trinajstić information content (AvgIpc) is 3.29. The molecule has 2 atom stereocenters. The number of carbonyl (C=O) groups excluding carboxylic acids is 1. The van der Waals surface area contributed by atoms with E-state index in [4.69, 9.17) is 16.5 Å². The number of hydrogen-bond acceptors (Lipinski definition) is 4. The molecule has 4 aromatic rings. The van der Waals surface area contributed by atoms with Gasteiger partial charge in [0.1, 0.15) is 0 Å². The lowest BCUT2D eigenvalue weighted by atomic mass is 10.0. The van der Waals surface area contributed by atoms with Crippen molar-refractivity contribution in [1.29, 1.82) is 0 Å². The van der Waals surface area contributed by atoms with E-state index in [-0.39, 0.29) is 30.4 Å². The zero-order valence-corrected chi connectivity index (χ0v) is 19.2. The highest BCUT2D eigenvalue weighted by atomic mass is 35.5. The topological polar surface area (TPSA) is 95.1 Å². The summed E-state index contributed by atoms with van der Waals surface area (Å²) in [5.41, 5.74) is 16.8. The Bertz CT molecular complexity index is 1280. The number of imidazole rings is 1. The molecule has 168 valence electrons. The molecule has 32 heavy (non-hydrogen) atoms. The third-order valence-corrected chi connectivity index (χ3v) is 6.29. The fraction of sp³-hybridized carbons (Fsp3) is 0.333. The number of rotatable bonds is 3. The van der Waals surface area contributed by atoms with E-state index in [1.165, 1.54) is 10.9 Å². The van der Waals surface area contributed by atoms with Gasteiger partial charge in [-0.2, -0.15) is 0 Å². The van der Waals surface area contributed by atoms with Crippen molar-refractivity contribution < 1.29 is 4.79 Å². The molecule has 7 nitrogen and oxygen atoms in total. The lowest BCUT2D eigenvalue weighted by molar-refractivity contribution is 0.0691. The molecule has 0 bridgehead atoms. The zero-order chi connectivity index (χ0) is 21.7. The molecule has 2 aromatic carbocycles. The number of aryl methyl sites for hydroxylation is 2. The van der Waals surface area contributed by atoms with Crippen LogP contribution in [-0.4, -0.2) is 50.1 Å². The molecular weight excluding hydrogens is 424 g/mol. The van der Waals surface area contributed by atoms with Crippen molar-refractivity contribution in [2.24, 2.45) is 18.5 Å². The molecule has 1 aliphatic heterocycles. The average molecular weight is 453 g/mol. The zero-order valence-electron chi connectivity index (χ0n) is 18.4. The number of nitrogens with two attached hydrogens (primary N) is 2. The van der Waals surface area contributed by atoms with Crippen LogP contribution < -0.4 is 11.5 Å². The molecule has 0 radical (unpaired) electrons. The number of hydrogen-bond donors (Lipinski definition) is 2. The van der Waals surface area contributed by atoms with Gasteiger partial charge in [-0.05, 0) is 43.7 Å². The van der Waals surface area contributed by atoms with Crippen LogP contribution in [0.25, 0.3) is 33.5 Å². The first kappa shape index (κ1) is 22.3. The summed E-state index contributed by atoms with van der Waals surface area (Å²) < 4.78 is 4.37. The van der Waals surface area contributed by atoms with Gasteiger partial charge < -0.3 is 25.5 Å². The van der Waals surface area contributed by atoms with E-state index in [0.717, 1.165) is 35.5 Å². The number of amides is 1. The first-order valence-electron chi connectivity index (χ1n) is 10.8. The molecule has 3 heterocycles. The summed E-state index contributed by atoms with van der Waals surface area (Å²) >= 11 is 0. The monoisotopic (exact) mass is 452 g/mol. The second-order valence-corrected chi connectivity index (χ2v) is 8.50. The van der Waals surface area contributed by atoms with Crippen LogP contribution >= 0.6 is 12.4 Å². The Morgan fingerprint density at radius 1 is 1.06 bits per heavy atom. The maximum atomic E-state index is 13.1. The third kappa shape index (κ3) is 3.66. The smallest absolute Gasteiger partial charge is 0.254 e. The van der Waals surface area contributed by atoms with Gasteiger partial charge in [0.15, 0.2) is 5.82 Å². The Labute approximate surface area is 193 Å². The van der Waals surface area contributed by atoms with Crippen LogP contribution in [0.2, 0.25) is 0 Å². The van der Waals surface area contributed by atoms with E-state index in [1.807, 2.05) is 25.2 Å². The molecule has 8 heteroatoms. The van der Waals surface area contributed by atoms with Gasteiger partial charge >= 0.3 is 0 Å². The van der Waals surface area contributed by atoms with E-state index < -0.39 is 0 Å². The molecule has 0 unspecified atom stereocenters. The first-order chi connectivity index (χ1) is 15.0. The number of para-hydroxylation sites is 1. The number of benzene rings is 2. The molecule has 0 saturated carbocycles. The maximum absolute atomic E-state index is 13.1. The van der Waals surface area contributed by atoms with Crippen molar-refractivity contribution in [2.75, 3.05) is 13.1 Å². The first-order valence-corrected chi connectivity index (χ1v) is 10.8. The van der Waals surface area contributed by atoms with E-state index in [1.54, 1.807) is 4.90 Å². The lowest BCUT2D eigenvalue weighted by Gasteiger charge is -2.34. The number of likely N-dealkylation sites (tertiary alicyclic amines) is 1. The van der Waals surface area contributed by atoms with Crippen molar-refractivity contribution in [3.63, 3.8) is 0 Å². The molecule has 0 spiro atoms. The number of carbonyl (C=O) groups is 1. The number of fused-ring (bicyclic) bond motifs is 2. The molecule has 5 rings (SSSR count). The predicted molar refractivity (Wildman–Crippen MR) is 131 cm³/mol. The van der Waals surface area contributed by atoms with Gasteiger partial charge in [0.05, 0.1) is 16.7 Å². The summed E-state index contributed by atoms with van der Waals surface area (Å²) in [6.45, 7) is 4.07. The lowest BCUT2D eigenvalue weighted by Crippen LogP contribution is -2.54. The Balaban J connectivity index is 0.00000245. The summed E-state index contributed by atoms with van der Waals surface area (Å²) in [6, 6.07) is 16.1. The number of aromatic nitrogens is 3. The van der Waals surface area contributed by atoms with Gasteiger partial charge in [-0.3, -0.25) is 4.79 Å². The molecule has 1 amide bonds. The molecule has 1 aliphatic rings. The van der Waals surface area contributed by atoms with Crippen molar-refractivity contribution in [2.45, 2.75) is 32.0 Å². The number of nitrogens with zero attached hydrogens (tertiary/aromatic N) is 4. The summed E-state index contributed by atoms with van der Waals surface area (Å²) in [6.07, 6.45) is 0.748. The molecule has 2 aromatic heterocycles. The minimum Gasteiger partial charge on any atom is -0.338 e. The van der Waals surface area contributed by atoms with Crippen LogP contribution in [0.3, 0.4) is 0 Å². The van der Waals surface area contributed by atoms with Crippen LogP contribution in [0.15, 0.2) is 48.5 Å². The Morgan fingerprint density at radius 3 is 2.50 bits per heavy atom. The van der Waals surface area contributed by atoms with Crippen molar-refractivity contribution in [3.05, 3.63) is 54.1 Å². The van der Waals surface area contributed by atoms with E-state index in [9.17, 15) is 4.79 Å². The van der Waals surface area contributed by atoms with Crippen molar-refractivity contribution >= 4 is 40.3 Å². The largest absolute Gasteiger partial charge is 0.338 e. The molecule has 1 saturated heterocycles.